The summed E-state index contributed by atoms with van der Waals surface area (Å²) in [6, 6.07) is 15.2. The Balaban J connectivity index is 1.38. The number of carboxylic acid groups (broad SMARTS) is 1. The van der Waals surface area contributed by atoms with Crippen molar-refractivity contribution in [1.29, 1.82) is 0 Å². The Hall–Kier alpha value is -2.86. The first-order chi connectivity index (χ1) is 14.0. The molecule has 1 amide bonds. The number of hydrogen-bond acceptors (Lipinski definition) is 4. The molecule has 1 heterocycles. The van der Waals surface area contributed by atoms with Crippen LogP contribution in [0.25, 0.3) is 11.1 Å². The Kier molecular flexibility index (Phi) is 5.28. The van der Waals surface area contributed by atoms with Crippen LogP contribution in [-0.2, 0) is 14.3 Å². The van der Waals surface area contributed by atoms with Gasteiger partial charge in [0, 0.05) is 11.3 Å². The van der Waals surface area contributed by atoms with E-state index in [9.17, 15) is 14.7 Å². The fourth-order valence-electron chi connectivity index (χ4n) is 4.13. The summed E-state index contributed by atoms with van der Waals surface area (Å²) in [4.78, 5) is 23.9. The number of ether oxygens (including phenoxy) is 2. The Morgan fingerprint density at radius 2 is 1.72 bits per heavy atom. The predicted octanol–water partition coefficient (Wildman–Crippen LogP) is 3.80. The third-order valence-electron chi connectivity index (χ3n) is 5.87. The highest BCUT2D eigenvalue weighted by Gasteiger charge is 2.35. The highest BCUT2D eigenvalue weighted by Crippen LogP contribution is 2.44. The average molecular weight is 395 g/mol. The first kappa shape index (κ1) is 19.5. The van der Waals surface area contributed by atoms with Crippen LogP contribution in [0.15, 0.2) is 48.5 Å². The van der Waals surface area contributed by atoms with Gasteiger partial charge in [0.15, 0.2) is 0 Å². The minimum absolute atomic E-state index is 0.00342. The van der Waals surface area contributed by atoms with Gasteiger partial charge in [-0.25, -0.2) is 9.59 Å². The number of rotatable bonds is 7. The molecule has 0 aromatic heterocycles. The number of alkyl carbamates (subject to hydrolysis) is 1. The summed E-state index contributed by atoms with van der Waals surface area (Å²) in [5.41, 5.74) is 4.53. The van der Waals surface area contributed by atoms with Crippen molar-refractivity contribution in [2.45, 2.75) is 31.7 Å². The van der Waals surface area contributed by atoms with Gasteiger partial charge in [-0.1, -0.05) is 55.5 Å². The summed E-state index contributed by atoms with van der Waals surface area (Å²) in [7, 11) is 0. The highest BCUT2D eigenvalue weighted by molar-refractivity contribution is 5.81. The number of amides is 1. The number of carboxylic acids is 1. The van der Waals surface area contributed by atoms with E-state index in [1.54, 1.807) is 0 Å². The van der Waals surface area contributed by atoms with Crippen LogP contribution < -0.4 is 5.32 Å². The Labute approximate surface area is 169 Å². The summed E-state index contributed by atoms with van der Waals surface area (Å²) in [6.45, 7) is 3.48. The van der Waals surface area contributed by atoms with Crippen molar-refractivity contribution in [2.24, 2.45) is 5.41 Å². The van der Waals surface area contributed by atoms with E-state index in [0.717, 1.165) is 22.3 Å². The molecule has 6 nitrogen and oxygen atoms in total. The topological polar surface area (TPSA) is 84.9 Å². The minimum Gasteiger partial charge on any atom is -0.480 e. The zero-order chi connectivity index (χ0) is 20.4. The molecule has 0 bridgehead atoms. The molecule has 1 atom stereocenters. The molecule has 1 fully saturated rings. The van der Waals surface area contributed by atoms with Crippen LogP contribution in [-0.4, -0.2) is 43.0 Å². The van der Waals surface area contributed by atoms with Crippen molar-refractivity contribution in [3.63, 3.8) is 0 Å². The van der Waals surface area contributed by atoms with Gasteiger partial charge in [-0.05, 0) is 35.1 Å². The van der Waals surface area contributed by atoms with Gasteiger partial charge in [-0.2, -0.15) is 0 Å². The fourth-order valence-corrected chi connectivity index (χ4v) is 4.13. The van der Waals surface area contributed by atoms with Gasteiger partial charge in [0.1, 0.15) is 12.6 Å². The first-order valence-electron chi connectivity index (χ1n) is 9.89. The summed E-state index contributed by atoms with van der Waals surface area (Å²) in [5, 5.41) is 12.0. The van der Waals surface area contributed by atoms with Crippen molar-refractivity contribution in [1.82, 2.24) is 5.32 Å². The second-order valence-corrected chi connectivity index (χ2v) is 8.20. The molecular formula is C23H25NO5. The quantitative estimate of drug-likeness (QED) is 0.745. The molecule has 0 saturated carbocycles. The van der Waals surface area contributed by atoms with Crippen LogP contribution in [0.5, 0.6) is 0 Å². The van der Waals surface area contributed by atoms with Crippen LogP contribution >= 0.6 is 0 Å². The Morgan fingerprint density at radius 3 is 2.24 bits per heavy atom. The molecule has 2 N–H and O–H groups in total. The van der Waals surface area contributed by atoms with E-state index < -0.39 is 18.1 Å². The van der Waals surface area contributed by atoms with Crippen molar-refractivity contribution in [2.75, 3.05) is 19.8 Å². The second-order valence-electron chi connectivity index (χ2n) is 8.20. The Morgan fingerprint density at radius 1 is 1.14 bits per heavy atom. The third-order valence-corrected chi connectivity index (χ3v) is 5.87. The van der Waals surface area contributed by atoms with Crippen molar-refractivity contribution < 1.29 is 24.2 Å². The molecule has 4 rings (SSSR count). The highest BCUT2D eigenvalue weighted by atomic mass is 16.5. The normalized spacial score (nSPS) is 17.6. The minimum atomic E-state index is -1.05. The zero-order valence-corrected chi connectivity index (χ0v) is 16.4. The van der Waals surface area contributed by atoms with Crippen LogP contribution in [0, 0.1) is 5.41 Å². The van der Waals surface area contributed by atoms with Crippen molar-refractivity contribution in [3.05, 3.63) is 59.7 Å². The van der Waals surface area contributed by atoms with Gasteiger partial charge in [0.05, 0.1) is 13.2 Å². The van der Waals surface area contributed by atoms with Crippen LogP contribution in [0.1, 0.15) is 36.8 Å². The van der Waals surface area contributed by atoms with E-state index >= 15 is 0 Å². The van der Waals surface area contributed by atoms with Gasteiger partial charge in [0.25, 0.3) is 0 Å². The van der Waals surface area contributed by atoms with Gasteiger partial charge >= 0.3 is 12.1 Å². The van der Waals surface area contributed by atoms with E-state index in [1.807, 2.05) is 36.4 Å². The summed E-state index contributed by atoms with van der Waals surface area (Å²) in [5.74, 6) is -1.11. The number of aliphatic carboxylic acids is 1. The molecule has 2 aromatic rings. The summed E-state index contributed by atoms with van der Waals surface area (Å²) < 4.78 is 10.7. The number of nitrogens with one attached hydrogen (secondary N) is 1. The standard InChI is InChI=1S/C23H25NO5/c1-23(13-28-14-23)11-10-20(21(25)26)24-22(27)29-12-19-17-8-4-2-6-15(17)16-7-3-5-9-18(16)19/h2-9,19-20H,10-14H2,1H3,(H,24,27)(H,25,26)/t20-/m0/s1. The SMILES string of the molecule is CC1(CC[C@H](NC(=O)OCC2c3ccccc3-c3ccccc32)C(=O)O)COC1. The largest absolute Gasteiger partial charge is 0.480 e. The van der Waals surface area contributed by atoms with Gasteiger partial charge in [-0.15, -0.1) is 0 Å². The lowest BCUT2D eigenvalue weighted by atomic mass is 9.82. The Bertz CT molecular complexity index is 875. The maximum atomic E-state index is 12.3. The van der Waals surface area contributed by atoms with Crippen LogP contribution in [0.3, 0.4) is 0 Å². The van der Waals surface area contributed by atoms with Crippen molar-refractivity contribution >= 4 is 12.1 Å². The lowest BCUT2D eigenvalue weighted by Gasteiger charge is -2.38. The second kappa shape index (κ2) is 7.87. The van der Waals surface area contributed by atoms with E-state index in [1.165, 1.54) is 0 Å². The van der Waals surface area contributed by atoms with E-state index in [0.29, 0.717) is 26.1 Å². The zero-order valence-electron chi connectivity index (χ0n) is 16.4. The summed E-state index contributed by atoms with van der Waals surface area (Å²) in [6.07, 6.45) is 0.321. The molecule has 2 aliphatic rings. The van der Waals surface area contributed by atoms with Gasteiger partial charge < -0.3 is 19.9 Å². The molecule has 6 heteroatoms. The molecule has 0 spiro atoms. The van der Waals surface area contributed by atoms with Crippen LogP contribution in [0.2, 0.25) is 0 Å². The molecule has 0 radical (unpaired) electrons. The summed E-state index contributed by atoms with van der Waals surface area (Å²) >= 11 is 0. The smallest absolute Gasteiger partial charge is 0.407 e. The maximum absolute atomic E-state index is 12.3. The van der Waals surface area contributed by atoms with Gasteiger partial charge in [-0.3, -0.25) is 0 Å². The molecule has 1 aliphatic heterocycles. The van der Waals surface area contributed by atoms with E-state index in [4.69, 9.17) is 9.47 Å². The maximum Gasteiger partial charge on any atom is 0.407 e. The molecule has 1 saturated heterocycles. The molecule has 2 aromatic carbocycles. The number of carbonyl (C=O) groups excluding carboxylic acids is 1. The lowest BCUT2D eigenvalue weighted by Crippen LogP contribution is -2.45. The first-order valence-corrected chi connectivity index (χ1v) is 9.89. The third kappa shape index (κ3) is 3.98. The van der Waals surface area contributed by atoms with E-state index in [2.05, 4.69) is 24.4 Å². The molecule has 0 unspecified atom stereocenters. The number of carbonyl (C=O) groups is 2. The number of benzene rings is 2. The van der Waals surface area contributed by atoms with Crippen LogP contribution in [0.4, 0.5) is 4.79 Å². The van der Waals surface area contributed by atoms with Crippen molar-refractivity contribution in [3.8, 4) is 11.1 Å². The molecule has 29 heavy (non-hydrogen) atoms. The monoisotopic (exact) mass is 395 g/mol. The fraction of sp³-hybridized carbons (Fsp3) is 0.391. The lowest BCUT2D eigenvalue weighted by molar-refractivity contribution is -0.141. The number of hydrogen-bond donors (Lipinski definition) is 2. The molecular weight excluding hydrogens is 370 g/mol. The predicted molar refractivity (Wildman–Crippen MR) is 108 cm³/mol. The molecule has 152 valence electrons. The van der Waals surface area contributed by atoms with Gasteiger partial charge in [0.2, 0.25) is 0 Å². The van der Waals surface area contributed by atoms with E-state index in [-0.39, 0.29) is 17.9 Å². The average Bonchev–Trinajstić information content (AvgIpc) is 3.02. The molecule has 1 aliphatic carbocycles. The number of fused-ring (bicyclic) bond motifs is 3.